The van der Waals surface area contributed by atoms with Crippen molar-refractivity contribution in [1.29, 1.82) is 0 Å². The lowest BCUT2D eigenvalue weighted by Crippen LogP contribution is -2.33. The van der Waals surface area contributed by atoms with Crippen molar-refractivity contribution in [3.63, 3.8) is 0 Å². The van der Waals surface area contributed by atoms with Gasteiger partial charge in [0.15, 0.2) is 0 Å². The third-order valence-corrected chi connectivity index (χ3v) is 1.68. The average Bonchev–Trinajstić information content (AvgIpc) is 1.97. The van der Waals surface area contributed by atoms with Crippen LogP contribution in [0.4, 0.5) is 0 Å². The van der Waals surface area contributed by atoms with E-state index in [2.05, 4.69) is 26.1 Å². The quantitative estimate of drug-likeness (QED) is 0.781. The summed E-state index contributed by atoms with van der Waals surface area (Å²) >= 11 is 0. The molecule has 0 spiro atoms. The molecule has 0 aromatic rings. The second-order valence-corrected chi connectivity index (χ2v) is 6.05. The van der Waals surface area contributed by atoms with Crippen molar-refractivity contribution < 1.29 is 9.53 Å². The second-order valence-electron chi connectivity index (χ2n) is 6.05. The number of rotatable bonds is 4. The molecular weight excluding hydrogens is 190 g/mol. The smallest absolute Gasteiger partial charge is 0.222 e. The summed E-state index contributed by atoms with van der Waals surface area (Å²) < 4.78 is 5.47. The summed E-state index contributed by atoms with van der Waals surface area (Å²) in [5.74, 6) is 0.0641. The van der Waals surface area contributed by atoms with Crippen LogP contribution >= 0.6 is 0 Å². The molecule has 3 nitrogen and oxygen atoms in total. The molecule has 0 aliphatic heterocycles. The van der Waals surface area contributed by atoms with Crippen molar-refractivity contribution in [2.24, 2.45) is 5.41 Å². The zero-order valence-corrected chi connectivity index (χ0v) is 10.9. The van der Waals surface area contributed by atoms with Crippen molar-refractivity contribution in [3.8, 4) is 0 Å². The van der Waals surface area contributed by atoms with E-state index in [0.29, 0.717) is 19.6 Å². The summed E-state index contributed by atoms with van der Waals surface area (Å²) in [6, 6.07) is 0. The number of carbonyl (C=O) groups excluding carboxylic acids is 1. The zero-order valence-electron chi connectivity index (χ0n) is 10.9. The van der Waals surface area contributed by atoms with Crippen LogP contribution in [0.1, 0.15) is 48.0 Å². The molecule has 0 aliphatic rings. The van der Waals surface area contributed by atoms with E-state index in [4.69, 9.17) is 4.74 Å². The lowest BCUT2D eigenvalue weighted by Gasteiger charge is -2.21. The molecule has 0 bridgehead atoms. The van der Waals surface area contributed by atoms with Gasteiger partial charge in [-0.25, -0.2) is 0 Å². The van der Waals surface area contributed by atoms with Gasteiger partial charge in [-0.2, -0.15) is 0 Å². The maximum absolute atomic E-state index is 11.4. The van der Waals surface area contributed by atoms with Crippen molar-refractivity contribution >= 4 is 5.91 Å². The van der Waals surface area contributed by atoms with Crippen molar-refractivity contribution in [2.45, 2.75) is 53.6 Å². The molecule has 3 heteroatoms. The monoisotopic (exact) mass is 215 g/mol. The largest absolute Gasteiger partial charge is 0.375 e. The molecule has 0 saturated carbocycles. The Hall–Kier alpha value is -0.570. The third kappa shape index (κ3) is 11.4. The predicted molar refractivity (Wildman–Crippen MR) is 62.8 cm³/mol. The number of hydrogen-bond donors (Lipinski definition) is 1. The van der Waals surface area contributed by atoms with Gasteiger partial charge in [0, 0.05) is 13.0 Å². The van der Waals surface area contributed by atoms with Gasteiger partial charge in [-0.15, -0.1) is 0 Å². The molecule has 0 aromatic carbocycles. The van der Waals surface area contributed by atoms with Gasteiger partial charge >= 0.3 is 0 Å². The van der Waals surface area contributed by atoms with Crippen molar-refractivity contribution in [1.82, 2.24) is 5.32 Å². The van der Waals surface area contributed by atoms with E-state index in [9.17, 15) is 4.79 Å². The number of ether oxygens (including phenoxy) is 1. The van der Waals surface area contributed by atoms with E-state index < -0.39 is 0 Å². The number of carbonyl (C=O) groups is 1. The first-order valence-electron chi connectivity index (χ1n) is 5.51. The second kappa shape index (κ2) is 5.50. The topological polar surface area (TPSA) is 38.3 Å². The number of amides is 1. The minimum Gasteiger partial charge on any atom is -0.375 e. The Morgan fingerprint density at radius 2 is 1.67 bits per heavy atom. The summed E-state index contributed by atoms with van der Waals surface area (Å²) in [6.07, 6.45) is 0.438. The van der Waals surface area contributed by atoms with E-state index in [1.54, 1.807) is 0 Å². The molecular formula is C12H25NO2. The minimum atomic E-state index is -0.162. The molecule has 0 radical (unpaired) electrons. The Bertz CT molecular complexity index is 199. The van der Waals surface area contributed by atoms with Crippen LogP contribution in [-0.2, 0) is 9.53 Å². The van der Waals surface area contributed by atoms with Crippen LogP contribution < -0.4 is 5.32 Å². The normalized spacial score (nSPS) is 12.7. The maximum Gasteiger partial charge on any atom is 0.222 e. The first-order valence-corrected chi connectivity index (χ1v) is 5.51. The van der Waals surface area contributed by atoms with Crippen LogP contribution in [0.5, 0.6) is 0 Å². The van der Waals surface area contributed by atoms with Gasteiger partial charge in [-0.05, 0) is 26.2 Å². The molecule has 0 heterocycles. The first-order chi connectivity index (χ1) is 6.60. The van der Waals surface area contributed by atoms with Gasteiger partial charge in [0.1, 0.15) is 0 Å². The number of hydrogen-bond acceptors (Lipinski definition) is 2. The predicted octanol–water partition coefficient (Wildman–Crippen LogP) is 2.35. The standard InChI is InChI=1S/C12H25NO2/c1-11(2,3)9-13-10(14)7-8-15-12(4,5)6/h7-9H2,1-6H3,(H,13,14). The van der Waals surface area contributed by atoms with E-state index in [1.807, 2.05) is 20.8 Å². The molecule has 0 unspecified atom stereocenters. The summed E-state index contributed by atoms with van der Waals surface area (Å²) in [5, 5.41) is 2.89. The summed E-state index contributed by atoms with van der Waals surface area (Å²) in [5.41, 5.74) is -0.0230. The van der Waals surface area contributed by atoms with Crippen LogP contribution in [0.3, 0.4) is 0 Å². The van der Waals surface area contributed by atoms with Crippen LogP contribution in [0.2, 0.25) is 0 Å². The Morgan fingerprint density at radius 3 is 2.07 bits per heavy atom. The fraction of sp³-hybridized carbons (Fsp3) is 0.917. The Kier molecular flexibility index (Phi) is 5.29. The van der Waals surface area contributed by atoms with Gasteiger partial charge in [0.2, 0.25) is 5.91 Å². The molecule has 1 N–H and O–H groups in total. The first kappa shape index (κ1) is 14.4. The van der Waals surface area contributed by atoms with Crippen molar-refractivity contribution in [3.05, 3.63) is 0 Å². The molecule has 15 heavy (non-hydrogen) atoms. The molecule has 0 rings (SSSR count). The highest BCUT2D eigenvalue weighted by molar-refractivity contribution is 5.75. The highest BCUT2D eigenvalue weighted by Crippen LogP contribution is 2.10. The Balaban J connectivity index is 3.60. The zero-order chi connectivity index (χ0) is 12.1. The lowest BCUT2D eigenvalue weighted by atomic mass is 9.97. The van der Waals surface area contributed by atoms with E-state index >= 15 is 0 Å². The van der Waals surface area contributed by atoms with E-state index in [1.165, 1.54) is 0 Å². The number of nitrogens with one attached hydrogen (secondary N) is 1. The minimum absolute atomic E-state index is 0.0641. The summed E-state index contributed by atoms with van der Waals surface area (Å²) in [4.78, 5) is 11.4. The Morgan fingerprint density at radius 1 is 1.13 bits per heavy atom. The van der Waals surface area contributed by atoms with Gasteiger partial charge in [0.25, 0.3) is 0 Å². The SMILES string of the molecule is CC(C)(C)CNC(=O)CCOC(C)(C)C. The fourth-order valence-corrected chi connectivity index (χ4v) is 0.902. The third-order valence-electron chi connectivity index (χ3n) is 1.68. The van der Waals surface area contributed by atoms with Gasteiger partial charge in [0.05, 0.1) is 12.2 Å². The molecule has 0 saturated heterocycles. The van der Waals surface area contributed by atoms with Gasteiger partial charge < -0.3 is 10.1 Å². The average molecular weight is 215 g/mol. The lowest BCUT2D eigenvalue weighted by molar-refractivity contribution is -0.123. The van der Waals surface area contributed by atoms with Crippen LogP contribution in [-0.4, -0.2) is 24.7 Å². The van der Waals surface area contributed by atoms with Crippen LogP contribution in [0, 0.1) is 5.41 Å². The Labute approximate surface area is 93.6 Å². The van der Waals surface area contributed by atoms with Crippen molar-refractivity contribution in [2.75, 3.05) is 13.2 Å². The van der Waals surface area contributed by atoms with Crippen LogP contribution in [0.15, 0.2) is 0 Å². The fourth-order valence-electron chi connectivity index (χ4n) is 0.902. The van der Waals surface area contributed by atoms with E-state index in [-0.39, 0.29) is 16.9 Å². The van der Waals surface area contributed by atoms with Gasteiger partial charge in [-0.3, -0.25) is 4.79 Å². The van der Waals surface area contributed by atoms with Gasteiger partial charge in [-0.1, -0.05) is 20.8 Å². The highest BCUT2D eigenvalue weighted by Gasteiger charge is 2.13. The van der Waals surface area contributed by atoms with E-state index in [0.717, 1.165) is 0 Å². The molecule has 1 amide bonds. The molecule has 0 aromatic heterocycles. The molecule has 90 valence electrons. The highest BCUT2D eigenvalue weighted by atomic mass is 16.5. The molecule has 0 atom stereocenters. The summed E-state index contributed by atoms with van der Waals surface area (Å²) in [7, 11) is 0. The van der Waals surface area contributed by atoms with Crippen LogP contribution in [0.25, 0.3) is 0 Å². The maximum atomic E-state index is 11.4. The molecule has 0 fully saturated rings. The molecule has 0 aliphatic carbocycles. The summed E-state index contributed by atoms with van der Waals surface area (Å²) in [6.45, 7) is 13.4.